The number of nitrogens with zero attached hydrogens (tertiary/aromatic N) is 3. The molecule has 3 heterocycles. The van der Waals surface area contributed by atoms with E-state index in [0.717, 1.165) is 23.3 Å². The van der Waals surface area contributed by atoms with Crippen molar-refractivity contribution in [3.63, 3.8) is 0 Å². The largest absolute Gasteiger partial charge is 0.493 e. The number of hydrogen-bond acceptors (Lipinski definition) is 6. The Morgan fingerprint density at radius 2 is 1.91 bits per heavy atom. The minimum Gasteiger partial charge on any atom is -0.493 e. The molecule has 0 saturated carbocycles. The molecule has 0 saturated heterocycles. The molecule has 0 aliphatic carbocycles. The fraction of sp³-hybridized carbons (Fsp3) is 0.208. The quantitative estimate of drug-likeness (QED) is 0.426. The summed E-state index contributed by atoms with van der Waals surface area (Å²) in [6, 6.07) is 21.5. The molecule has 0 bridgehead atoms. The molecule has 2 aromatic carbocycles. The van der Waals surface area contributed by atoms with Gasteiger partial charge in [0.05, 0.1) is 31.2 Å². The minimum atomic E-state index is -0.0505. The maximum atomic E-state index is 12.8. The highest BCUT2D eigenvalue weighted by Gasteiger charge is 2.23. The number of hydrogen-bond donors (Lipinski definition) is 1. The van der Waals surface area contributed by atoms with Crippen LogP contribution in [0, 0.1) is 0 Å². The molecule has 162 valence electrons. The molecule has 2 aromatic heterocycles. The molecule has 32 heavy (non-hydrogen) atoms. The van der Waals surface area contributed by atoms with Gasteiger partial charge < -0.3 is 14.5 Å². The van der Waals surface area contributed by atoms with Gasteiger partial charge >= 0.3 is 0 Å². The number of thioether (sulfide) groups is 1. The van der Waals surface area contributed by atoms with Crippen molar-refractivity contribution in [1.82, 2.24) is 20.1 Å². The molecule has 8 heteroatoms. The van der Waals surface area contributed by atoms with Crippen molar-refractivity contribution in [1.29, 1.82) is 0 Å². The smallest absolute Gasteiger partial charge is 0.230 e. The Morgan fingerprint density at radius 3 is 2.75 bits per heavy atom. The van der Waals surface area contributed by atoms with E-state index in [1.165, 1.54) is 11.8 Å². The number of carbonyl (C=O) groups is 1. The van der Waals surface area contributed by atoms with E-state index >= 15 is 0 Å². The first-order valence-corrected chi connectivity index (χ1v) is 11.4. The first-order valence-electron chi connectivity index (χ1n) is 10.4. The number of carbonyl (C=O) groups excluding carboxylic acids is 1. The van der Waals surface area contributed by atoms with E-state index in [1.54, 1.807) is 6.26 Å². The number of rotatable bonds is 7. The van der Waals surface area contributed by atoms with Gasteiger partial charge in [0.25, 0.3) is 0 Å². The first kappa shape index (κ1) is 20.4. The van der Waals surface area contributed by atoms with Gasteiger partial charge in [-0.2, -0.15) is 0 Å². The van der Waals surface area contributed by atoms with Crippen molar-refractivity contribution in [3.8, 4) is 17.3 Å². The second-order valence-electron chi connectivity index (χ2n) is 7.44. The van der Waals surface area contributed by atoms with E-state index in [4.69, 9.17) is 9.15 Å². The number of ether oxygens (including phenoxy) is 1. The van der Waals surface area contributed by atoms with Gasteiger partial charge in [-0.25, -0.2) is 0 Å². The van der Waals surface area contributed by atoms with Gasteiger partial charge in [-0.3, -0.25) is 9.36 Å². The van der Waals surface area contributed by atoms with Gasteiger partial charge in [-0.15, -0.1) is 10.2 Å². The Labute approximate surface area is 189 Å². The molecule has 1 aliphatic rings. The van der Waals surface area contributed by atoms with Gasteiger partial charge in [0.2, 0.25) is 11.7 Å². The predicted octanol–water partition coefficient (Wildman–Crippen LogP) is 4.32. The molecule has 1 aliphatic heterocycles. The number of nitrogens with one attached hydrogen (secondary N) is 1. The molecule has 0 fully saturated rings. The highest BCUT2D eigenvalue weighted by molar-refractivity contribution is 7.99. The van der Waals surface area contributed by atoms with Crippen LogP contribution in [0.1, 0.15) is 23.6 Å². The number of furan rings is 1. The van der Waals surface area contributed by atoms with E-state index in [2.05, 4.69) is 27.6 Å². The number of benzene rings is 2. The van der Waals surface area contributed by atoms with Crippen molar-refractivity contribution >= 4 is 17.7 Å². The van der Waals surface area contributed by atoms with Crippen LogP contribution < -0.4 is 10.1 Å². The Kier molecular flexibility index (Phi) is 5.93. The van der Waals surface area contributed by atoms with E-state index < -0.39 is 0 Å². The van der Waals surface area contributed by atoms with E-state index in [9.17, 15) is 4.79 Å². The maximum absolute atomic E-state index is 12.8. The Balaban J connectivity index is 1.31. The second-order valence-corrected chi connectivity index (χ2v) is 8.38. The summed E-state index contributed by atoms with van der Waals surface area (Å²) < 4.78 is 13.2. The number of fused-ring (bicyclic) bond motifs is 1. The Bertz CT molecular complexity index is 1190. The summed E-state index contributed by atoms with van der Waals surface area (Å²) in [5.74, 6) is 2.31. The van der Waals surface area contributed by atoms with E-state index in [-0.39, 0.29) is 17.7 Å². The minimum absolute atomic E-state index is 0.0473. The van der Waals surface area contributed by atoms with Crippen molar-refractivity contribution in [2.75, 3.05) is 12.4 Å². The Hall–Kier alpha value is -3.52. The lowest BCUT2D eigenvalue weighted by molar-refractivity contribution is -0.119. The summed E-state index contributed by atoms with van der Waals surface area (Å²) >= 11 is 1.37. The third kappa shape index (κ3) is 4.40. The van der Waals surface area contributed by atoms with Crippen molar-refractivity contribution < 1.29 is 13.9 Å². The van der Waals surface area contributed by atoms with Gasteiger partial charge in [0.15, 0.2) is 10.9 Å². The third-order valence-corrected chi connectivity index (χ3v) is 6.23. The zero-order valence-corrected chi connectivity index (χ0v) is 18.1. The number of amides is 1. The molecule has 0 radical (unpaired) electrons. The number of aromatic nitrogens is 3. The van der Waals surface area contributed by atoms with Crippen LogP contribution in [-0.4, -0.2) is 33.0 Å². The van der Waals surface area contributed by atoms with Crippen LogP contribution in [0.2, 0.25) is 0 Å². The molecule has 0 unspecified atom stereocenters. The molecule has 5 rings (SSSR count). The zero-order chi connectivity index (χ0) is 21.8. The molecule has 0 spiro atoms. The van der Waals surface area contributed by atoms with Crippen molar-refractivity contribution in [2.45, 2.75) is 24.2 Å². The molecule has 4 aromatic rings. The standard InChI is InChI=1S/C24H22N4O3S/c29-22(25-19-12-14-31-20-10-5-4-9-18(19)20)16-32-24-27-26-23(21-11-6-13-30-21)28(24)15-17-7-2-1-3-8-17/h1-11,13,19H,12,14-16H2,(H,25,29)/t19-/m0/s1. The zero-order valence-electron chi connectivity index (χ0n) is 17.3. The SMILES string of the molecule is O=C(CSc1nnc(-c2ccco2)n1Cc1ccccc1)N[C@H]1CCOc2ccccc21. The van der Waals surface area contributed by atoms with Gasteiger partial charge in [0.1, 0.15) is 5.75 Å². The topological polar surface area (TPSA) is 82.2 Å². The van der Waals surface area contributed by atoms with Crippen LogP contribution in [-0.2, 0) is 11.3 Å². The molecule has 7 nitrogen and oxygen atoms in total. The van der Waals surface area contributed by atoms with Crippen LogP contribution in [0.5, 0.6) is 5.75 Å². The lowest BCUT2D eigenvalue weighted by Crippen LogP contribution is -2.33. The molecular formula is C24H22N4O3S. The van der Waals surface area contributed by atoms with Crippen LogP contribution in [0.4, 0.5) is 0 Å². The summed E-state index contributed by atoms with van der Waals surface area (Å²) in [5, 5.41) is 12.5. The maximum Gasteiger partial charge on any atom is 0.230 e. The van der Waals surface area contributed by atoms with Crippen LogP contribution in [0.25, 0.3) is 11.6 Å². The first-order chi connectivity index (χ1) is 15.8. The monoisotopic (exact) mass is 446 g/mol. The average Bonchev–Trinajstić information content (AvgIpc) is 3.49. The summed E-state index contributed by atoms with van der Waals surface area (Å²) in [7, 11) is 0. The molecule has 1 amide bonds. The summed E-state index contributed by atoms with van der Waals surface area (Å²) in [4.78, 5) is 12.8. The summed E-state index contributed by atoms with van der Waals surface area (Å²) in [5.41, 5.74) is 2.13. The summed E-state index contributed by atoms with van der Waals surface area (Å²) in [6.07, 6.45) is 2.36. The van der Waals surface area contributed by atoms with E-state index in [0.29, 0.717) is 29.9 Å². The second kappa shape index (κ2) is 9.32. The highest BCUT2D eigenvalue weighted by Crippen LogP contribution is 2.32. The normalized spacial score (nSPS) is 15.1. The van der Waals surface area contributed by atoms with Gasteiger partial charge in [-0.1, -0.05) is 60.3 Å². The van der Waals surface area contributed by atoms with E-state index in [1.807, 2.05) is 59.2 Å². The lowest BCUT2D eigenvalue weighted by atomic mass is 10.0. The van der Waals surface area contributed by atoms with Crippen LogP contribution in [0.3, 0.4) is 0 Å². The van der Waals surface area contributed by atoms with Gasteiger partial charge in [-0.05, 0) is 23.8 Å². The highest BCUT2D eigenvalue weighted by atomic mass is 32.2. The average molecular weight is 447 g/mol. The predicted molar refractivity (Wildman–Crippen MR) is 121 cm³/mol. The third-order valence-electron chi connectivity index (χ3n) is 5.27. The molecule has 1 atom stereocenters. The van der Waals surface area contributed by atoms with Crippen molar-refractivity contribution in [3.05, 3.63) is 84.1 Å². The van der Waals surface area contributed by atoms with Crippen LogP contribution >= 0.6 is 11.8 Å². The van der Waals surface area contributed by atoms with Crippen LogP contribution in [0.15, 0.2) is 82.6 Å². The Morgan fingerprint density at radius 1 is 1.06 bits per heavy atom. The summed E-state index contributed by atoms with van der Waals surface area (Å²) in [6.45, 7) is 1.17. The molecule has 1 N–H and O–H groups in total. The fourth-order valence-electron chi connectivity index (χ4n) is 3.75. The van der Waals surface area contributed by atoms with Gasteiger partial charge in [0, 0.05) is 12.0 Å². The fourth-order valence-corrected chi connectivity index (χ4v) is 4.50. The number of para-hydroxylation sites is 1. The molecular weight excluding hydrogens is 424 g/mol. The lowest BCUT2D eigenvalue weighted by Gasteiger charge is -2.26. The van der Waals surface area contributed by atoms with Crippen molar-refractivity contribution in [2.24, 2.45) is 0 Å².